The van der Waals surface area contributed by atoms with E-state index in [9.17, 15) is 13.2 Å². The first-order valence-corrected chi connectivity index (χ1v) is 9.45. The van der Waals surface area contributed by atoms with Gasteiger partial charge in [0, 0.05) is 0 Å². The van der Waals surface area contributed by atoms with Crippen LogP contribution in [0.15, 0.2) is 30.3 Å². The van der Waals surface area contributed by atoms with Gasteiger partial charge < -0.3 is 4.74 Å². The molecule has 27 heavy (non-hydrogen) atoms. The minimum Gasteiger partial charge on any atom is -0.405 e. The van der Waals surface area contributed by atoms with Gasteiger partial charge in [-0.1, -0.05) is 65.8 Å². The Hall–Kier alpha value is -1.97. The van der Waals surface area contributed by atoms with Crippen LogP contribution in [-0.4, -0.2) is 6.36 Å². The smallest absolute Gasteiger partial charge is 0.405 e. The van der Waals surface area contributed by atoms with Gasteiger partial charge in [0.25, 0.3) is 0 Å². The third kappa shape index (κ3) is 4.85. The molecular formula is C23H29F3O. The van der Waals surface area contributed by atoms with E-state index in [4.69, 9.17) is 0 Å². The van der Waals surface area contributed by atoms with Crippen LogP contribution >= 0.6 is 0 Å². The Morgan fingerprint density at radius 3 is 1.74 bits per heavy atom. The normalized spacial score (nSPS) is 12.3. The fourth-order valence-corrected chi connectivity index (χ4v) is 3.39. The predicted octanol–water partition coefficient (Wildman–Crippen LogP) is 7.93. The summed E-state index contributed by atoms with van der Waals surface area (Å²) in [5, 5.41) is 0. The maximum absolute atomic E-state index is 12.8. The molecule has 0 fully saturated rings. The van der Waals surface area contributed by atoms with Gasteiger partial charge in [-0.15, -0.1) is 13.2 Å². The van der Waals surface area contributed by atoms with Crippen molar-refractivity contribution in [2.75, 3.05) is 0 Å². The third-order valence-corrected chi connectivity index (χ3v) is 4.91. The Morgan fingerprint density at radius 1 is 0.815 bits per heavy atom. The fourth-order valence-electron chi connectivity index (χ4n) is 3.39. The second kappa shape index (κ2) is 7.95. The molecule has 2 aromatic rings. The van der Waals surface area contributed by atoms with Crippen molar-refractivity contribution in [3.05, 3.63) is 52.6 Å². The maximum atomic E-state index is 12.8. The van der Waals surface area contributed by atoms with Crippen molar-refractivity contribution < 1.29 is 17.9 Å². The van der Waals surface area contributed by atoms with Crippen molar-refractivity contribution in [1.82, 2.24) is 0 Å². The summed E-state index contributed by atoms with van der Waals surface area (Å²) in [4.78, 5) is 0. The zero-order valence-electron chi connectivity index (χ0n) is 17.2. The molecule has 1 nitrogen and oxygen atoms in total. The van der Waals surface area contributed by atoms with E-state index in [0.717, 1.165) is 22.3 Å². The average molecular weight is 378 g/mol. The van der Waals surface area contributed by atoms with E-state index in [1.165, 1.54) is 11.6 Å². The van der Waals surface area contributed by atoms with Crippen molar-refractivity contribution in [1.29, 1.82) is 0 Å². The second-order valence-corrected chi connectivity index (χ2v) is 8.01. The van der Waals surface area contributed by atoms with E-state index in [2.05, 4.69) is 58.4 Å². The molecular weight excluding hydrogens is 349 g/mol. The Bertz CT molecular complexity index is 773. The van der Waals surface area contributed by atoms with E-state index < -0.39 is 6.36 Å². The van der Waals surface area contributed by atoms with Gasteiger partial charge in [-0.05, 0) is 64.1 Å². The molecule has 0 radical (unpaired) electrons. The quantitative estimate of drug-likeness (QED) is 0.513. The first-order chi connectivity index (χ1) is 12.4. The molecule has 0 aliphatic heterocycles. The number of halogens is 3. The van der Waals surface area contributed by atoms with Gasteiger partial charge in [0.05, 0.1) is 0 Å². The van der Waals surface area contributed by atoms with Crippen molar-refractivity contribution in [2.45, 2.75) is 72.6 Å². The van der Waals surface area contributed by atoms with Gasteiger partial charge in [0.1, 0.15) is 5.75 Å². The van der Waals surface area contributed by atoms with Crippen molar-refractivity contribution in [3.63, 3.8) is 0 Å². The summed E-state index contributed by atoms with van der Waals surface area (Å²) in [5.74, 6) is 0.748. The summed E-state index contributed by atoms with van der Waals surface area (Å²) < 4.78 is 42.6. The molecule has 0 bridgehead atoms. The monoisotopic (exact) mass is 378 g/mol. The van der Waals surface area contributed by atoms with Crippen LogP contribution in [0.25, 0.3) is 11.1 Å². The molecule has 0 spiro atoms. The number of rotatable bonds is 5. The van der Waals surface area contributed by atoms with E-state index >= 15 is 0 Å². The van der Waals surface area contributed by atoms with Crippen molar-refractivity contribution in [2.24, 2.45) is 0 Å². The molecule has 2 rings (SSSR count). The van der Waals surface area contributed by atoms with Gasteiger partial charge in [-0.3, -0.25) is 0 Å². The first-order valence-electron chi connectivity index (χ1n) is 9.45. The standard InChI is InChI=1S/C23H29F3O/c1-13(2)17-11-19(14(3)4)22(20(12-17)15(5)6)18-9-8-10-21(16(18)7)27-23(24,25)26/h8-15H,1-7H3. The maximum Gasteiger partial charge on any atom is 0.573 e. The Labute approximate surface area is 160 Å². The van der Waals surface area contributed by atoms with Gasteiger partial charge in [-0.2, -0.15) is 0 Å². The van der Waals surface area contributed by atoms with Crippen LogP contribution in [0.4, 0.5) is 13.2 Å². The van der Waals surface area contributed by atoms with Crippen LogP contribution in [-0.2, 0) is 0 Å². The number of hydrogen-bond acceptors (Lipinski definition) is 1. The van der Waals surface area contributed by atoms with Crippen LogP contribution in [0.1, 0.15) is 81.5 Å². The Balaban J connectivity index is 2.80. The third-order valence-electron chi connectivity index (χ3n) is 4.91. The van der Waals surface area contributed by atoms with E-state index in [-0.39, 0.29) is 17.6 Å². The highest BCUT2D eigenvalue weighted by Gasteiger charge is 2.32. The summed E-state index contributed by atoms with van der Waals surface area (Å²) in [5.41, 5.74) is 5.94. The largest absolute Gasteiger partial charge is 0.573 e. The molecule has 2 aromatic carbocycles. The summed E-state index contributed by atoms with van der Waals surface area (Å²) in [6, 6.07) is 9.30. The number of ether oxygens (including phenoxy) is 1. The Morgan fingerprint density at radius 2 is 1.33 bits per heavy atom. The minimum absolute atomic E-state index is 0.141. The van der Waals surface area contributed by atoms with Crippen LogP contribution in [0.3, 0.4) is 0 Å². The lowest BCUT2D eigenvalue weighted by Crippen LogP contribution is -2.18. The summed E-state index contributed by atoms with van der Waals surface area (Å²) in [6.45, 7) is 14.5. The molecule has 0 aromatic heterocycles. The lowest BCUT2D eigenvalue weighted by atomic mass is 9.80. The summed E-state index contributed by atoms with van der Waals surface area (Å²) in [7, 11) is 0. The van der Waals surface area contributed by atoms with Crippen molar-refractivity contribution in [3.8, 4) is 16.9 Å². The lowest BCUT2D eigenvalue weighted by molar-refractivity contribution is -0.274. The van der Waals surface area contributed by atoms with E-state index in [1.54, 1.807) is 13.0 Å². The molecule has 0 saturated heterocycles. The lowest BCUT2D eigenvalue weighted by Gasteiger charge is -2.25. The number of hydrogen-bond donors (Lipinski definition) is 0. The Kier molecular flexibility index (Phi) is 6.28. The van der Waals surface area contributed by atoms with Crippen LogP contribution in [0, 0.1) is 6.92 Å². The summed E-state index contributed by atoms with van der Waals surface area (Å²) >= 11 is 0. The fraction of sp³-hybridized carbons (Fsp3) is 0.478. The van der Waals surface area contributed by atoms with Gasteiger partial charge >= 0.3 is 6.36 Å². The topological polar surface area (TPSA) is 9.23 Å². The summed E-state index contributed by atoms with van der Waals surface area (Å²) in [6.07, 6.45) is -4.70. The molecule has 0 amide bonds. The molecule has 0 unspecified atom stereocenters. The van der Waals surface area contributed by atoms with E-state index in [0.29, 0.717) is 11.5 Å². The van der Waals surface area contributed by atoms with E-state index in [1.807, 2.05) is 6.07 Å². The van der Waals surface area contributed by atoms with Crippen LogP contribution in [0.5, 0.6) is 5.75 Å². The van der Waals surface area contributed by atoms with Gasteiger partial charge in [0.15, 0.2) is 0 Å². The van der Waals surface area contributed by atoms with Gasteiger partial charge in [-0.25, -0.2) is 0 Å². The average Bonchev–Trinajstić information content (AvgIpc) is 2.54. The molecule has 0 heterocycles. The molecule has 0 aliphatic carbocycles. The first kappa shape index (κ1) is 21.3. The highest BCUT2D eigenvalue weighted by Crippen LogP contribution is 2.42. The molecule has 0 saturated carbocycles. The van der Waals surface area contributed by atoms with Crippen LogP contribution in [0.2, 0.25) is 0 Å². The SMILES string of the molecule is Cc1c(OC(F)(F)F)cccc1-c1c(C(C)C)cc(C(C)C)cc1C(C)C. The zero-order chi connectivity index (χ0) is 20.5. The van der Waals surface area contributed by atoms with Gasteiger partial charge in [0.2, 0.25) is 0 Å². The zero-order valence-corrected chi connectivity index (χ0v) is 17.2. The molecule has 0 aliphatic rings. The number of alkyl halides is 3. The second-order valence-electron chi connectivity index (χ2n) is 8.01. The van der Waals surface area contributed by atoms with Crippen LogP contribution < -0.4 is 4.74 Å². The minimum atomic E-state index is -4.70. The predicted molar refractivity (Wildman–Crippen MR) is 106 cm³/mol. The molecule has 0 N–H and O–H groups in total. The highest BCUT2D eigenvalue weighted by molar-refractivity contribution is 5.77. The molecule has 4 heteroatoms. The number of benzene rings is 2. The highest BCUT2D eigenvalue weighted by atomic mass is 19.4. The molecule has 148 valence electrons. The molecule has 0 atom stereocenters. The van der Waals surface area contributed by atoms with Crippen molar-refractivity contribution >= 4 is 0 Å².